The topological polar surface area (TPSA) is 51.1 Å². The maximum Gasteiger partial charge on any atom is 0.253 e. The zero-order valence-corrected chi connectivity index (χ0v) is 11.1. The number of carbonyl (C=O) groups is 1. The Morgan fingerprint density at radius 2 is 1.89 bits per heavy atom. The van der Waals surface area contributed by atoms with Gasteiger partial charge in [-0.1, -0.05) is 23.7 Å². The molecule has 5 heteroatoms. The summed E-state index contributed by atoms with van der Waals surface area (Å²) in [6.07, 6.45) is 1.51. The van der Waals surface area contributed by atoms with Gasteiger partial charge in [0.05, 0.1) is 5.56 Å². The van der Waals surface area contributed by atoms with Gasteiger partial charge in [-0.25, -0.2) is 0 Å². The smallest absolute Gasteiger partial charge is 0.253 e. The predicted molar refractivity (Wildman–Crippen MR) is 74.3 cm³/mol. The number of halogens is 1. The van der Waals surface area contributed by atoms with Gasteiger partial charge in [0.25, 0.3) is 5.91 Å². The van der Waals surface area contributed by atoms with E-state index in [2.05, 4.69) is 5.32 Å². The van der Waals surface area contributed by atoms with Crippen LogP contribution in [0.5, 0.6) is 0 Å². The molecule has 0 aliphatic rings. The SMILES string of the molecule is Cn1cc(C(=O)NCc2ccc(Cl)cc2)ccc1=O. The fourth-order valence-electron chi connectivity index (χ4n) is 1.61. The van der Waals surface area contributed by atoms with Crippen LogP contribution in [0.15, 0.2) is 47.4 Å². The standard InChI is InChI=1S/C14H13ClN2O2/c1-17-9-11(4-7-13(17)18)14(19)16-8-10-2-5-12(15)6-3-10/h2-7,9H,8H2,1H3,(H,16,19). The van der Waals surface area contributed by atoms with Crippen LogP contribution in [0.4, 0.5) is 0 Å². The first-order valence-corrected chi connectivity index (χ1v) is 6.13. The Hall–Kier alpha value is -2.07. The van der Waals surface area contributed by atoms with Gasteiger partial charge in [0.15, 0.2) is 0 Å². The molecule has 0 radical (unpaired) electrons. The highest BCUT2D eigenvalue weighted by Gasteiger charge is 2.06. The number of benzene rings is 1. The monoisotopic (exact) mass is 276 g/mol. The van der Waals surface area contributed by atoms with Crippen molar-refractivity contribution in [2.45, 2.75) is 6.54 Å². The number of amides is 1. The van der Waals surface area contributed by atoms with Gasteiger partial charge < -0.3 is 9.88 Å². The van der Waals surface area contributed by atoms with Crippen molar-refractivity contribution in [2.24, 2.45) is 7.05 Å². The van der Waals surface area contributed by atoms with Crippen LogP contribution in [-0.4, -0.2) is 10.5 Å². The molecule has 1 heterocycles. The second-order valence-electron chi connectivity index (χ2n) is 4.18. The van der Waals surface area contributed by atoms with Gasteiger partial charge in [0.2, 0.25) is 5.56 Å². The summed E-state index contributed by atoms with van der Waals surface area (Å²) >= 11 is 5.78. The molecular weight excluding hydrogens is 264 g/mol. The van der Waals surface area contributed by atoms with Crippen molar-refractivity contribution in [3.05, 3.63) is 69.1 Å². The molecule has 19 heavy (non-hydrogen) atoms. The lowest BCUT2D eigenvalue weighted by atomic mass is 10.2. The first kappa shape index (κ1) is 13.4. The molecule has 0 saturated carbocycles. The maximum absolute atomic E-state index is 11.9. The van der Waals surface area contributed by atoms with Gasteiger partial charge in [-0.05, 0) is 23.8 Å². The molecule has 2 aromatic rings. The molecule has 0 fully saturated rings. The Labute approximate surface area is 115 Å². The molecule has 0 bridgehead atoms. The van der Waals surface area contributed by atoms with E-state index < -0.39 is 0 Å². The van der Waals surface area contributed by atoms with Crippen LogP contribution in [0, 0.1) is 0 Å². The van der Waals surface area contributed by atoms with E-state index in [1.807, 2.05) is 12.1 Å². The van der Waals surface area contributed by atoms with E-state index in [0.717, 1.165) is 5.56 Å². The van der Waals surface area contributed by atoms with Crippen LogP contribution in [-0.2, 0) is 13.6 Å². The molecule has 0 atom stereocenters. The predicted octanol–water partition coefficient (Wildman–Crippen LogP) is 1.97. The van der Waals surface area contributed by atoms with Gasteiger partial charge in [-0.3, -0.25) is 9.59 Å². The first-order chi connectivity index (χ1) is 9.06. The van der Waals surface area contributed by atoms with E-state index >= 15 is 0 Å². The lowest BCUT2D eigenvalue weighted by Crippen LogP contribution is -2.25. The Morgan fingerprint density at radius 1 is 1.21 bits per heavy atom. The molecule has 1 aromatic heterocycles. The third-order valence-corrected chi connectivity index (χ3v) is 2.97. The molecule has 0 aliphatic carbocycles. The maximum atomic E-state index is 11.9. The number of aromatic nitrogens is 1. The minimum atomic E-state index is -0.217. The van der Waals surface area contributed by atoms with Crippen molar-refractivity contribution < 1.29 is 4.79 Å². The lowest BCUT2D eigenvalue weighted by molar-refractivity contribution is 0.0950. The Morgan fingerprint density at radius 3 is 2.53 bits per heavy atom. The largest absolute Gasteiger partial charge is 0.348 e. The van der Waals surface area contributed by atoms with Crippen molar-refractivity contribution >= 4 is 17.5 Å². The lowest BCUT2D eigenvalue weighted by Gasteiger charge is -2.06. The fraction of sp³-hybridized carbons (Fsp3) is 0.143. The Kier molecular flexibility index (Phi) is 4.02. The number of pyridine rings is 1. The minimum absolute atomic E-state index is 0.144. The number of rotatable bonds is 3. The minimum Gasteiger partial charge on any atom is -0.348 e. The summed E-state index contributed by atoms with van der Waals surface area (Å²) in [5.41, 5.74) is 1.27. The molecule has 1 aromatic carbocycles. The third-order valence-electron chi connectivity index (χ3n) is 2.71. The Bertz CT molecular complexity index is 647. The molecule has 0 spiro atoms. The summed E-state index contributed by atoms with van der Waals surface area (Å²) in [5, 5.41) is 3.44. The summed E-state index contributed by atoms with van der Waals surface area (Å²) in [6.45, 7) is 0.416. The number of carbonyl (C=O) groups excluding carboxylic acids is 1. The van der Waals surface area contributed by atoms with Crippen molar-refractivity contribution in [2.75, 3.05) is 0 Å². The summed E-state index contributed by atoms with van der Waals surface area (Å²) in [5.74, 6) is -0.217. The molecule has 1 N–H and O–H groups in total. The van der Waals surface area contributed by atoms with E-state index in [0.29, 0.717) is 17.1 Å². The molecule has 98 valence electrons. The molecular formula is C14H13ClN2O2. The molecule has 1 amide bonds. The van der Waals surface area contributed by atoms with Gasteiger partial charge in [0.1, 0.15) is 0 Å². The second-order valence-corrected chi connectivity index (χ2v) is 4.61. The van der Waals surface area contributed by atoms with Gasteiger partial charge >= 0.3 is 0 Å². The second kappa shape index (κ2) is 5.71. The molecule has 0 unspecified atom stereocenters. The summed E-state index contributed by atoms with van der Waals surface area (Å²) in [6, 6.07) is 10.1. The summed E-state index contributed by atoms with van der Waals surface area (Å²) in [4.78, 5) is 23.1. The van der Waals surface area contributed by atoms with Crippen molar-refractivity contribution in [3.8, 4) is 0 Å². The molecule has 0 saturated heterocycles. The zero-order chi connectivity index (χ0) is 13.8. The van der Waals surface area contributed by atoms with Gasteiger partial charge in [-0.2, -0.15) is 0 Å². The Balaban J connectivity index is 2.03. The van der Waals surface area contributed by atoms with Crippen LogP contribution in [0.2, 0.25) is 5.02 Å². The highest BCUT2D eigenvalue weighted by Crippen LogP contribution is 2.09. The highest BCUT2D eigenvalue weighted by atomic mass is 35.5. The molecule has 2 rings (SSSR count). The van der Waals surface area contributed by atoms with Gasteiger partial charge in [0, 0.05) is 30.9 Å². The number of hydrogen-bond acceptors (Lipinski definition) is 2. The van der Waals surface area contributed by atoms with E-state index in [-0.39, 0.29) is 11.5 Å². The van der Waals surface area contributed by atoms with E-state index in [4.69, 9.17) is 11.6 Å². The number of aryl methyl sites for hydroxylation is 1. The van der Waals surface area contributed by atoms with Crippen LogP contribution in [0.3, 0.4) is 0 Å². The van der Waals surface area contributed by atoms with Crippen LogP contribution in [0.25, 0.3) is 0 Å². The average molecular weight is 277 g/mol. The van der Waals surface area contributed by atoms with Crippen molar-refractivity contribution in [1.29, 1.82) is 0 Å². The van der Waals surface area contributed by atoms with Crippen molar-refractivity contribution in [1.82, 2.24) is 9.88 Å². The van der Waals surface area contributed by atoms with Crippen LogP contribution in [0.1, 0.15) is 15.9 Å². The number of nitrogens with zero attached hydrogens (tertiary/aromatic N) is 1. The fourth-order valence-corrected chi connectivity index (χ4v) is 1.74. The van der Waals surface area contributed by atoms with E-state index in [1.54, 1.807) is 19.2 Å². The summed E-state index contributed by atoms with van der Waals surface area (Å²) < 4.78 is 1.37. The molecule has 0 aliphatic heterocycles. The third kappa shape index (κ3) is 3.45. The van der Waals surface area contributed by atoms with E-state index in [1.165, 1.54) is 22.9 Å². The van der Waals surface area contributed by atoms with Crippen LogP contribution < -0.4 is 10.9 Å². The van der Waals surface area contributed by atoms with Gasteiger partial charge in [-0.15, -0.1) is 0 Å². The van der Waals surface area contributed by atoms with Crippen LogP contribution >= 0.6 is 11.6 Å². The summed E-state index contributed by atoms with van der Waals surface area (Å²) in [7, 11) is 1.61. The van der Waals surface area contributed by atoms with E-state index in [9.17, 15) is 9.59 Å². The van der Waals surface area contributed by atoms with Crippen molar-refractivity contribution in [3.63, 3.8) is 0 Å². The number of nitrogens with one attached hydrogen (secondary N) is 1. The zero-order valence-electron chi connectivity index (χ0n) is 10.4. The normalized spacial score (nSPS) is 10.2. The highest BCUT2D eigenvalue weighted by molar-refractivity contribution is 6.30. The molecule has 4 nitrogen and oxygen atoms in total. The number of hydrogen-bond donors (Lipinski definition) is 1. The average Bonchev–Trinajstić information content (AvgIpc) is 2.41. The first-order valence-electron chi connectivity index (χ1n) is 5.75. The quantitative estimate of drug-likeness (QED) is 0.932.